The predicted octanol–water partition coefficient (Wildman–Crippen LogP) is 3.78. The molecule has 0 aliphatic carbocycles. The third-order valence-corrected chi connectivity index (χ3v) is 5.24. The molecule has 1 unspecified atom stereocenters. The average molecular weight is 398 g/mol. The number of hydrogen-bond donors (Lipinski definition) is 1. The van der Waals surface area contributed by atoms with Crippen molar-refractivity contribution in [3.05, 3.63) is 53.1 Å². The molecule has 26 heavy (non-hydrogen) atoms. The van der Waals surface area contributed by atoms with Crippen molar-refractivity contribution < 1.29 is 22.7 Å². The van der Waals surface area contributed by atoms with E-state index in [0.29, 0.717) is 11.4 Å². The van der Waals surface area contributed by atoms with Gasteiger partial charge in [-0.2, -0.15) is 0 Å². The summed E-state index contributed by atoms with van der Waals surface area (Å²) in [6, 6.07) is 11.0. The van der Waals surface area contributed by atoms with Gasteiger partial charge >= 0.3 is 5.97 Å². The van der Waals surface area contributed by atoms with Crippen molar-refractivity contribution in [2.45, 2.75) is 31.8 Å². The minimum absolute atomic E-state index is 0.0227. The summed E-state index contributed by atoms with van der Waals surface area (Å²) < 4.78 is 38.0. The molecular formula is C18H20ClNO5S. The Bertz CT molecular complexity index is 898. The van der Waals surface area contributed by atoms with Crippen LogP contribution in [0.2, 0.25) is 5.02 Å². The fourth-order valence-electron chi connectivity index (χ4n) is 2.26. The molecule has 0 radical (unpaired) electrons. The summed E-state index contributed by atoms with van der Waals surface area (Å²) in [5.74, 6) is -0.144. The lowest BCUT2D eigenvalue weighted by Gasteiger charge is -2.16. The van der Waals surface area contributed by atoms with E-state index >= 15 is 0 Å². The molecule has 0 saturated heterocycles. The van der Waals surface area contributed by atoms with Crippen molar-refractivity contribution >= 4 is 33.3 Å². The second kappa shape index (κ2) is 8.42. The van der Waals surface area contributed by atoms with Crippen LogP contribution in [0.3, 0.4) is 0 Å². The van der Waals surface area contributed by atoms with E-state index in [1.807, 2.05) is 0 Å². The molecule has 0 saturated carbocycles. The molecule has 1 N–H and O–H groups in total. The average Bonchev–Trinajstić information content (AvgIpc) is 2.54. The first-order valence-corrected chi connectivity index (χ1v) is 9.81. The van der Waals surface area contributed by atoms with E-state index in [9.17, 15) is 13.2 Å². The Hall–Kier alpha value is -2.25. The molecule has 0 aliphatic heterocycles. The number of carbonyl (C=O) groups excluding carboxylic acids is 1. The van der Waals surface area contributed by atoms with Gasteiger partial charge in [0.1, 0.15) is 10.6 Å². The van der Waals surface area contributed by atoms with Crippen LogP contribution in [0, 0.1) is 6.92 Å². The van der Waals surface area contributed by atoms with Gasteiger partial charge in [0.05, 0.1) is 17.3 Å². The number of ether oxygens (including phenoxy) is 2. The van der Waals surface area contributed by atoms with Gasteiger partial charge in [0, 0.05) is 6.07 Å². The number of anilines is 1. The van der Waals surface area contributed by atoms with Crippen molar-refractivity contribution in [1.82, 2.24) is 0 Å². The number of sulfonamides is 1. The molecule has 0 heterocycles. The molecule has 0 amide bonds. The summed E-state index contributed by atoms with van der Waals surface area (Å²) in [6.07, 6.45) is -0.815. The second-order valence-corrected chi connectivity index (χ2v) is 7.64. The Labute approximate surface area is 158 Å². The fraction of sp³-hybridized carbons (Fsp3) is 0.278. The maximum absolute atomic E-state index is 12.6. The van der Waals surface area contributed by atoms with Crippen molar-refractivity contribution in [2.75, 3.05) is 11.3 Å². The highest BCUT2D eigenvalue weighted by atomic mass is 35.5. The number of esters is 1. The quantitative estimate of drug-likeness (QED) is 0.719. The topological polar surface area (TPSA) is 81.7 Å². The van der Waals surface area contributed by atoms with Gasteiger partial charge in [0.25, 0.3) is 10.0 Å². The molecular weight excluding hydrogens is 378 g/mol. The first-order chi connectivity index (χ1) is 12.2. The van der Waals surface area contributed by atoms with Crippen LogP contribution in [-0.4, -0.2) is 27.1 Å². The SMILES string of the molecule is CCOC(=O)C(C)Oc1cc(C)cc(NS(=O)(=O)c2ccccc2Cl)c1. The van der Waals surface area contributed by atoms with Crippen LogP contribution >= 0.6 is 11.6 Å². The van der Waals surface area contributed by atoms with E-state index in [1.165, 1.54) is 18.2 Å². The number of benzene rings is 2. The smallest absolute Gasteiger partial charge is 0.347 e. The molecule has 0 aliphatic rings. The number of carbonyl (C=O) groups is 1. The van der Waals surface area contributed by atoms with E-state index in [-0.39, 0.29) is 16.5 Å². The lowest BCUT2D eigenvalue weighted by molar-refractivity contribution is -0.150. The van der Waals surface area contributed by atoms with E-state index in [1.54, 1.807) is 45.0 Å². The van der Waals surface area contributed by atoms with Crippen LogP contribution in [0.15, 0.2) is 47.4 Å². The Morgan fingerprint density at radius 2 is 1.92 bits per heavy atom. The molecule has 0 spiro atoms. The predicted molar refractivity (Wildman–Crippen MR) is 100 cm³/mol. The third kappa shape index (κ3) is 5.12. The molecule has 2 rings (SSSR count). The Kier molecular flexibility index (Phi) is 6.50. The largest absolute Gasteiger partial charge is 0.479 e. The standard InChI is InChI=1S/C18H20ClNO5S/c1-4-24-18(21)13(3)25-15-10-12(2)9-14(11-15)20-26(22,23)17-8-6-5-7-16(17)19/h5-11,13,20H,4H2,1-3H3. The first kappa shape index (κ1) is 20.1. The monoisotopic (exact) mass is 397 g/mol. The molecule has 0 fully saturated rings. The summed E-state index contributed by atoms with van der Waals surface area (Å²) in [5.41, 5.74) is 1.06. The minimum atomic E-state index is -3.86. The number of rotatable bonds is 7. The summed E-state index contributed by atoms with van der Waals surface area (Å²) in [4.78, 5) is 11.7. The normalized spacial score (nSPS) is 12.3. The van der Waals surface area contributed by atoms with Gasteiger partial charge < -0.3 is 9.47 Å². The number of hydrogen-bond acceptors (Lipinski definition) is 5. The van der Waals surface area contributed by atoms with Crippen molar-refractivity contribution in [3.63, 3.8) is 0 Å². The van der Waals surface area contributed by atoms with Crippen LogP contribution in [-0.2, 0) is 19.6 Å². The van der Waals surface area contributed by atoms with Gasteiger partial charge in [-0.25, -0.2) is 13.2 Å². The molecule has 0 aromatic heterocycles. The lowest BCUT2D eigenvalue weighted by atomic mass is 10.2. The molecule has 8 heteroatoms. The van der Waals surface area contributed by atoms with Gasteiger partial charge in [-0.1, -0.05) is 23.7 Å². The summed E-state index contributed by atoms with van der Waals surface area (Å²) in [7, 11) is -3.86. The minimum Gasteiger partial charge on any atom is -0.479 e. The number of nitrogens with one attached hydrogen (secondary N) is 1. The van der Waals surface area contributed by atoms with Gasteiger partial charge in [0.15, 0.2) is 6.10 Å². The number of halogens is 1. The Morgan fingerprint density at radius 1 is 1.23 bits per heavy atom. The zero-order valence-electron chi connectivity index (χ0n) is 14.7. The lowest BCUT2D eigenvalue weighted by Crippen LogP contribution is -2.26. The third-order valence-electron chi connectivity index (χ3n) is 3.36. The first-order valence-electron chi connectivity index (χ1n) is 7.95. The molecule has 6 nitrogen and oxygen atoms in total. The zero-order valence-corrected chi connectivity index (χ0v) is 16.2. The molecule has 140 valence electrons. The molecule has 1 atom stereocenters. The van der Waals surface area contributed by atoms with Crippen LogP contribution < -0.4 is 9.46 Å². The van der Waals surface area contributed by atoms with Crippen LogP contribution in [0.5, 0.6) is 5.75 Å². The zero-order chi connectivity index (χ0) is 19.3. The van der Waals surface area contributed by atoms with Gasteiger partial charge in [-0.3, -0.25) is 4.72 Å². The van der Waals surface area contributed by atoms with Crippen LogP contribution in [0.25, 0.3) is 0 Å². The second-order valence-electron chi connectivity index (χ2n) is 5.58. The molecule has 2 aromatic carbocycles. The number of aryl methyl sites for hydroxylation is 1. The van der Waals surface area contributed by atoms with Crippen molar-refractivity contribution in [1.29, 1.82) is 0 Å². The Balaban J connectivity index is 2.24. The van der Waals surface area contributed by atoms with Gasteiger partial charge in [0.2, 0.25) is 0 Å². The summed E-state index contributed by atoms with van der Waals surface area (Å²) in [5, 5.41) is 0.125. The van der Waals surface area contributed by atoms with Crippen molar-refractivity contribution in [3.8, 4) is 5.75 Å². The van der Waals surface area contributed by atoms with Crippen molar-refractivity contribution in [2.24, 2.45) is 0 Å². The highest BCUT2D eigenvalue weighted by molar-refractivity contribution is 7.92. The molecule has 0 bridgehead atoms. The van der Waals surface area contributed by atoms with Crippen LogP contribution in [0.4, 0.5) is 5.69 Å². The van der Waals surface area contributed by atoms with E-state index in [0.717, 1.165) is 5.56 Å². The highest BCUT2D eigenvalue weighted by Gasteiger charge is 2.19. The Morgan fingerprint density at radius 3 is 2.58 bits per heavy atom. The van der Waals surface area contributed by atoms with E-state index in [2.05, 4.69) is 4.72 Å². The maximum Gasteiger partial charge on any atom is 0.347 e. The maximum atomic E-state index is 12.6. The highest BCUT2D eigenvalue weighted by Crippen LogP contribution is 2.27. The van der Waals surface area contributed by atoms with E-state index in [4.69, 9.17) is 21.1 Å². The summed E-state index contributed by atoms with van der Waals surface area (Å²) >= 11 is 5.98. The van der Waals surface area contributed by atoms with Gasteiger partial charge in [-0.15, -0.1) is 0 Å². The van der Waals surface area contributed by atoms with Crippen LogP contribution in [0.1, 0.15) is 19.4 Å². The molecule has 2 aromatic rings. The van der Waals surface area contributed by atoms with Gasteiger partial charge in [-0.05, 0) is 50.6 Å². The van der Waals surface area contributed by atoms with E-state index < -0.39 is 22.1 Å². The fourth-order valence-corrected chi connectivity index (χ4v) is 3.82. The summed E-state index contributed by atoms with van der Waals surface area (Å²) in [6.45, 7) is 5.31.